The fourth-order valence-electron chi connectivity index (χ4n) is 3.18. The van der Waals surface area contributed by atoms with Gasteiger partial charge >= 0.3 is 0 Å². The first-order valence-corrected chi connectivity index (χ1v) is 9.20. The zero-order chi connectivity index (χ0) is 19.4. The smallest absolute Gasteiger partial charge is 0.254 e. The number of hydrogen-bond donors (Lipinski definition) is 0. The van der Waals surface area contributed by atoms with Crippen molar-refractivity contribution in [1.29, 1.82) is 0 Å². The van der Waals surface area contributed by atoms with Crippen LogP contribution in [0.5, 0.6) is 0 Å². The van der Waals surface area contributed by atoms with Crippen molar-refractivity contribution in [3.63, 3.8) is 0 Å². The average Bonchev–Trinajstić information content (AvgIpc) is 3.06. The molecule has 0 radical (unpaired) electrons. The molecule has 3 aromatic rings. The Hall–Kier alpha value is -2.88. The summed E-state index contributed by atoms with van der Waals surface area (Å²) < 4.78 is 15.3. The number of aromatic nitrogens is 1. The Morgan fingerprint density at radius 2 is 1.81 bits per heavy atom. The fraction of sp³-hybridized carbons (Fsp3) is 0.261. The molecule has 0 saturated carbocycles. The molecule has 3 rings (SSSR count). The number of carbonyl (C=O) groups excluding carboxylic acids is 1. The number of aryl methyl sites for hydroxylation is 1. The van der Waals surface area contributed by atoms with Crippen LogP contribution in [0.25, 0.3) is 0 Å². The number of benzene rings is 2. The number of rotatable bonds is 6. The summed E-state index contributed by atoms with van der Waals surface area (Å²) in [6, 6.07) is 18.2. The highest BCUT2D eigenvalue weighted by Gasteiger charge is 2.20. The fourth-order valence-corrected chi connectivity index (χ4v) is 3.18. The van der Waals surface area contributed by atoms with E-state index in [0.29, 0.717) is 12.1 Å². The van der Waals surface area contributed by atoms with Crippen molar-refractivity contribution < 1.29 is 9.18 Å². The molecule has 1 amide bonds. The molecular weight excluding hydrogens is 339 g/mol. The Kier molecular flexibility index (Phi) is 5.75. The van der Waals surface area contributed by atoms with Gasteiger partial charge in [0.1, 0.15) is 5.82 Å². The topological polar surface area (TPSA) is 25.2 Å². The van der Waals surface area contributed by atoms with Crippen LogP contribution in [-0.2, 0) is 13.1 Å². The number of carbonyl (C=O) groups is 1. The third-order valence-electron chi connectivity index (χ3n) is 4.67. The summed E-state index contributed by atoms with van der Waals surface area (Å²) in [5.41, 5.74) is 4.03. The lowest BCUT2D eigenvalue weighted by molar-refractivity contribution is 0.0686. The summed E-state index contributed by atoms with van der Waals surface area (Å²) in [5, 5.41) is 0. The summed E-state index contributed by atoms with van der Waals surface area (Å²) in [6.07, 6.45) is 2.04. The molecule has 3 nitrogen and oxygen atoms in total. The molecule has 0 aliphatic carbocycles. The molecule has 0 saturated heterocycles. The van der Waals surface area contributed by atoms with Crippen LogP contribution in [0.3, 0.4) is 0 Å². The monoisotopic (exact) mass is 364 g/mol. The standard InChI is InChI=1S/C23H25FN2O/c1-17(2)26(23(27)20-9-11-21(24)12-10-20)16-22-8-5-13-25(22)15-19-7-4-6-18(3)14-19/h4-14,17H,15-16H2,1-3H3. The van der Waals surface area contributed by atoms with Gasteiger partial charge in [0.25, 0.3) is 5.91 Å². The van der Waals surface area contributed by atoms with Crippen LogP contribution < -0.4 is 0 Å². The van der Waals surface area contributed by atoms with E-state index in [4.69, 9.17) is 0 Å². The maximum absolute atomic E-state index is 13.2. The van der Waals surface area contributed by atoms with E-state index in [1.807, 2.05) is 37.1 Å². The van der Waals surface area contributed by atoms with E-state index in [-0.39, 0.29) is 17.8 Å². The molecule has 0 fully saturated rings. The Bertz CT molecular complexity index is 912. The van der Waals surface area contributed by atoms with E-state index in [0.717, 1.165) is 12.2 Å². The maximum Gasteiger partial charge on any atom is 0.254 e. The molecule has 0 aliphatic heterocycles. The van der Waals surface area contributed by atoms with E-state index < -0.39 is 0 Å². The van der Waals surface area contributed by atoms with E-state index >= 15 is 0 Å². The highest BCUT2D eigenvalue weighted by molar-refractivity contribution is 5.94. The number of amides is 1. The van der Waals surface area contributed by atoms with Crippen LogP contribution in [0.4, 0.5) is 4.39 Å². The Labute approximate surface area is 160 Å². The highest BCUT2D eigenvalue weighted by Crippen LogP contribution is 2.16. The molecule has 0 spiro atoms. The first-order chi connectivity index (χ1) is 12.9. The first kappa shape index (κ1) is 18.9. The second-order valence-corrected chi connectivity index (χ2v) is 7.15. The third-order valence-corrected chi connectivity index (χ3v) is 4.67. The lowest BCUT2D eigenvalue weighted by Gasteiger charge is -2.27. The Balaban J connectivity index is 1.80. The summed E-state index contributed by atoms with van der Waals surface area (Å²) in [4.78, 5) is 14.7. The lowest BCUT2D eigenvalue weighted by atomic mass is 10.1. The molecule has 1 aromatic heterocycles. The normalized spacial score (nSPS) is 11.0. The Morgan fingerprint density at radius 3 is 2.48 bits per heavy atom. The van der Waals surface area contributed by atoms with Gasteiger partial charge in [-0.15, -0.1) is 0 Å². The molecule has 0 aliphatic rings. The van der Waals surface area contributed by atoms with Gasteiger partial charge in [0.05, 0.1) is 6.54 Å². The van der Waals surface area contributed by atoms with Gasteiger partial charge in [-0.3, -0.25) is 4.79 Å². The molecule has 4 heteroatoms. The minimum atomic E-state index is -0.338. The van der Waals surface area contributed by atoms with Crippen LogP contribution in [0.1, 0.15) is 41.0 Å². The van der Waals surface area contributed by atoms with Gasteiger partial charge in [-0.1, -0.05) is 29.8 Å². The molecule has 2 aromatic carbocycles. The van der Waals surface area contributed by atoms with Crippen LogP contribution in [-0.4, -0.2) is 21.4 Å². The van der Waals surface area contributed by atoms with Crippen molar-refractivity contribution >= 4 is 5.91 Å². The van der Waals surface area contributed by atoms with E-state index in [1.165, 1.54) is 23.3 Å². The molecule has 140 valence electrons. The van der Waals surface area contributed by atoms with Gasteiger partial charge in [-0.05, 0) is 62.7 Å². The number of halogens is 1. The SMILES string of the molecule is Cc1cccc(Cn2cccc2CN(C(=O)c2ccc(F)cc2)C(C)C)c1. The summed E-state index contributed by atoms with van der Waals surface area (Å²) >= 11 is 0. The summed E-state index contributed by atoms with van der Waals surface area (Å²) in [6.45, 7) is 7.35. The lowest BCUT2D eigenvalue weighted by Crippen LogP contribution is -2.37. The quantitative estimate of drug-likeness (QED) is 0.602. The van der Waals surface area contributed by atoms with Crippen molar-refractivity contribution in [2.75, 3.05) is 0 Å². The zero-order valence-electron chi connectivity index (χ0n) is 16.0. The first-order valence-electron chi connectivity index (χ1n) is 9.20. The molecule has 1 heterocycles. The van der Waals surface area contributed by atoms with Crippen molar-refractivity contribution in [1.82, 2.24) is 9.47 Å². The van der Waals surface area contributed by atoms with Gasteiger partial charge < -0.3 is 9.47 Å². The van der Waals surface area contributed by atoms with Crippen LogP contribution in [0, 0.1) is 12.7 Å². The second-order valence-electron chi connectivity index (χ2n) is 7.15. The van der Waals surface area contributed by atoms with Gasteiger partial charge in [-0.2, -0.15) is 0 Å². The molecule has 0 atom stereocenters. The third kappa shape index (κ3) is 4.64. The molecule has 0 N–H and O–H groups in total. The van der Waals surface area contributed by atoms with Gasteiger partial charge in [-0.25, -0.2) is 4.39 Å². The van der Waals surface area contributed by atoms with E-state index in [1.54, 1.807) is 12.1 Å². The second kappa shape index (κ2) is 8.21. The minimum Gasteiger partial charge on any atom is -0.345 e. The summed E-state index contributed by atoms with van der Waals surface area (Å²) in [5.74, 6) is -0.428. The molecule has 0 bridgehead atoms. The predicted molar refractivity (Wildman–Crippen MR) is 106 cm³/mol. The van der Waals surface area contributed by atoms with Crippen molar-refractivity contribution in [2.45, 2.75) is 39.9 Å². The van der Waals surface area contributed by atoms with Crippen LogP contribution in [0.15, 0.2) is 66.9 Å². The van der Waals surface area contributed by atoms with E-state index in [2.05, 4.69) is 35.8 Å². The maximum atomic E-state index is 13.2. The summed E-state index contributed by atoms with van der Waals surface area (Å²) in [7, 11) is 0. The number of nitrogens with zero attached hydrogens (tertiary/aromatic N) is 2. The molecule has 27 heavy (non-hydrogen) atoms. The zero-order valence-corrected chi connectivity index (χ0v) is 16.0. The van der Waals surface area contributed by atoms with Gasteiger partial charge in [0, 0.05) is 30.0 Å². The van der Waals surface area contributed by atoms with Crippen molar-refractivity contribution in [2.24, 2.45) is 0 Å². The Morgan fingerprint density at radius 1 is 1.07 bits per heavy atom. The van der Waals surface area contributed by atoms with Crippen LogP contribution >= 0.6 is 0 Å². The van der Waals surface area contributed by atoms with Crippen molar-refractivity contribution in [3.05, 3.63) is 95.1 Å². The molecule has 0 unspecified atom stereocenters. The molecular formula is C23H25FN2O. The van der Waals surface area contributed by atoms with Gasteiger partial charge in [0.2, 0.25) is 0 Å². The van der Waals surface area contributed by atoms with Crippen LogP contribution in [0.2, 0.25) is 0 Å². The predicted octanol–water partition coefficient (Wildman–Crippen LogP) is 5.03. The van der Waals surface area contributed by atoms with Gasteiger partial charge in [0.15, 0.2) is 0 Å². The average molecular weight is 364 g/mol. The van der Waals surface area contributed by atoms with Crippen molar-refractivity contribution in [3.8, 4) is 0 Å². The largest absolute Gasteiger partial charge is 0.345 e. The number of hydrogen-bond acceptors (Lipinski definition) is 1. The highest BCUT2D eigenvalue weighted by atomic mass is 19.1. The van der Waals surface area contributed by atoms with E-state index in [9.17, 15) is 9.18 Å². The minimum absolute atomic E-state index is 0.0323.